The molecule has 0 aromatic heterocycles. The topological polar surface area (TPSA) is 43.8 Å². The maximum absolute atomic E-state index is 12.8. The lowest BCUT2D eigenvalue weighted by Gasteiger charge is -2.37. The second-order valence-electron chi connectivity index (χ2n) is 7.61. The Morgan fingerprint density at radius 3 is 2.14 bits per heavy atom. The second kappa shape index (κ2) is 8.30. The van der Waals surface area contributed by atoms with Crippen LogP contribution in [-0.4, -0.2) is 59.1 Å². The molecule has 1 amide bonds. The van der Waals surface area contributed by atoms with Crippen LogP contribution in [0.2, 0.25) is 0 Å². The minimum atomic E-state index is 0.300. The van der Waals surface area contributed by atoms with Gasteiger partial charge >= 0.3 is 0 Å². The fraction of sp³-hybridized carbons (Fsp3) is 0.944. The molecular weight excluding hydrogens is 276 g/mol. The van der Waals surface area contributed by atoms with E-state index >= 15 is 0 Å². The number of rotatable bonds is 6. The highest BCUT2D eigenvalue weighted by Gasteiger charge is 2.31. The molecule has 0 aromatic carbocycles. The maximum Gasteiger partial charge on any atom is 0.237 e. The Hall–Kier alpha value is -0.610. The Balaban J connectivity index is 1.86. The molecule has 0 saturated heterocycles. The summed E-state index contributed by atoms with van der Waals surface area (Å²) in [7, 11) is 2.09. The van der Waals surface area contributed by atoms with Crippen LogP contribution in [0.1, 0.15) is 65.2 Å². The fourth-order valence-electron chi connectivity index (χ4n) is 4.29. The van der Waals surface area contributed by atoms with Crippen LogP contribution in [0.25, 0.3) is 0 Å². The van der Waals surface area contributed by atoms with Crippen LogP contribution in [0.15, 0.2) is 0 Å². The zero-order valence-electron chi connectivity index (χ0n) is 14.6. The Kier molecular flexibility index (Phi) is 6.69. The van der Waals surface area contributed by atoms with E-state index in [-0.39, 0.29) is 0 Å². The zero-order chi connectivity index (χ0) is 16.1. The number of amides is 1. The molecule has 0 atom stereocenters. The number of aliphatic hydroxyl groups is 1. The number of aliphatic hydroxyl groups excluding tert-OH is 1. The van der Waals surface area contributed by atoms with Gasteiger partial charge in [0.25, 0.3) is 0 Å². The molecule has 2 aliphatic carbocycles. The van der Waals surface area contributed by atoms with Gasteiger partial charge in [-0.25, -0.2) is 0 Å². The smallest absolute Gasteiger partial charge is 0.237 e. The van der Waals surface area contributed by atoms with Crippen molar-refractivity contribution in [2.75, 3.05) is 20.2 Å². The van der Waals surface area contributed by atoms with Gasteiger partial charge in [0.1, 0.15) is 0 Å². The lowest BCUT2D eigenvalue weighted by Crippen LogP contribution is -2.49. The van der Waals surface area contributed by atoms with Crippen LogP contribution in [0, 0.1) is 5.92 Å². The molecule has 0 unspecified atom stereocenters. The van der Waals surface area contributed by atoms with Gasteiger partial charge < -0.3 is 10.0 Å². The first-order valence-corrected chi connectivity index (χ1v) is 9.15. The van der Waals surface area contributed by atoms with Crippen molar-refractivity contribution in [3.8, 4) is 0 Å². The van der Waals surface area contributed by atoms with Crippen molar-refractivity contribution in [3.63, 3.8) is 0 Å². The SMILES string of the molecule is CC(C)N(C(=O)CN(C)C1CCC(CO)CC1)C1CCCC1. The van der Waals surface area contributed by atoms with Gasteiger partial charge in [0.15, 0.2) is 0 Å². The molecule has 1 N–H and O–H groups in total. The summed E-state index contributed by atoms with van der Waals surface area (Å²) in [6.07, 6.45) is 9.29. The highest BCUT2D eigenvalue weighted by Crippen LogP contribution is 2.28. The van der Waals surface area contributed by atoms with Crippen LogP contribution in [0.5, 0.6) is 0 Å². The van der Waals surface area contributed by atoms with Crippen molar-refractivity contribution in [1.82, 2.24) is 9.80 Å². The quantitative estimate of drug-likeness (QED) is 0.820. The summed E-state index contributed by atoms with van der Waals surface area (Å²) in [4.78, 5) is 17.2. The summed E-state index contributed by atoms with van der Waals surface area (Å²) in [5.41, 5.74) is 0. The summed E-state index contributed by atoms with van der Waals surface area (Å²) in [6.45, 7) is 5.15. The Morgan fingerprint density at radius 2 is 1.64 bits per heavy atom. The number of nitrogens with zero attached hydrogens (tertiary/aromatic N) is 2. The monoisotopic (exact) mass is 310 g/mol. The van der Waals surface area contributed by atoms with Crippen LogP contribution < -0.4 is 0 Å². The summed E-state index contributed by atoms with van der Waals surface area (Å²) in [5.74, 6) is 0.777. The highest BCUT2D eigenvalue weighted by atomic mass is 16.3. The van der Waals surface area contributed by atoms with E-state index in [9.17, 15) is 9.90 Å². The molecule has 2 saturated carbocycles. The number of carbonyl (C=O) groups is 1. The third-order valence-corrected chi connectivity index (χ3v) is 5.64. The van der Waals surface area contributed by atoms with E-state index in [4.69, 9.17) is 0 Å². The zero-order valence-corrected chi connectivity index (χ0v) is 14.6. The van der Waals surface area contributed by atoms with E-state index < -0.39 is 0 Å². The van der Waals surface area contributed by atoms with Gasteiger partial charge in [0.05, 0.1) is 6.54 Å². The van der Waals surface area contributed by atoms with Gasteiger partial charge in [-0.05, 0) is 65.3 Å². The summed E-state index contributed by atoms with van der Waals surface area (Å²) in [6, 6.07) is 1.27. The minimum absolute atomic E-state index is 0.300. The lowest BCUT2D eigenvalue weighted by atomic mass is 9.86. The average molecular weight is 310 g/mol. The molecule has 0 spiro atoms. The first-order valence-electron chi connectivity index (χ1n) is 9.15. The van der Waals surface area contributed by atoms with Gasteiger partial charge in [-0.3, -0.25) is 9.69 Å². The van der Waals surface area contributed by atoms with Crippen molar-refractivity contribution >= 4 is 5.91 Å². The number of hydrogen-bond donors (Lipinski definition) is 1. The van der Waals surface area contributed by atoms with Crippen molar-refractivity contribution < 1.29 is 9.90 Å². The van der Waals surface area contributed by atoms with Crippen molar-refractivity contribution in [2.24, 2.45) is 5.92 Å². The van der Waals surface area contributed by atoms with E-state index in [1.54, 1.807) is 0 Å². The second-order valence-corrected chi connectivity index (χ2v) is 7.61. The largest absolute Gasteiger partial charge is 0.396 e. The Labute approximate surface area is 135 Å². The van der Waals surface area contributed by atoms with E-state index in [2.05, 4.69) is 30.7 Å². The van der Waals surface area contributed by atoms with Gasteiger partial charge in [-0.15, -0.1) is 0 Å². The van der Waals surface area contributed by atoms with Crippen LogP contribution in [-0.2, 0) is 4.79 Å². The van der Waals surface area contributed by atoms with Crippen molar-refractivity contribution in [2.45, 2.75) is 83.3 Å². The normalized spacial score (nSPS) is 26.8. The van der Waals surface area contributed by atoms with E-state index in [0.717, 1.165) is 25.7 Å². The van der Waals surface area contributed by atoms with Crippen LogP contribution >= 0.6 is 0 Å². The van der Waals surface area contributed by atoms with Gasteiger partial charge in [0.2, 0.25) is 5.91 Å². The molecule has 0 heterocycles. The third-order valence-electron chi connectivity index (χ3n) is 5.64. The standard InChI is InChI=1S/C18H34N2O2/c1-14(2)20(17-6-4-5-7-17)18(22)12-19(3)16-10-8-15(13-21)9-11-16/h14-17,21H,4-13H2,1-3H3. The molecular formula is C18H34N2O2. The summed E-state index contributed by atoms with van der Waals surface area (Å²) < 4.78 is 0. The lowest BCUT2D eigenvalue weighted by molar-refractivity contribution is -0.137. The van der Waals surface area contributed by atoms with E-state index in [1.165, 1.54) is 25.7 Å². The molecule has 0 bridgehead atoms. The van der Waals surface area contributed by atoms with Crippen molar-refractivity contribution in [1.29, 1.82) is 0 Å². The van der Waals surface area contributed by atoms with Gasteiger partial charge in [0, 0.05) is 24.7 Å². The molecule has 22 heavy (non-hydrogen) atoms. The highest BCUT2D eigenvalue weighted by molar-refractivity contribution is 5.79. The molecule has 2 aliphatic rings. The van der Waals surface area contributed by atoms with Crippen LogP contribution in [0.3, 0.4) is 0 Å². The summed E-state index contributed by atoms with van der Waals surface area (Å²) in [5, 5.41) is 9.24. The first-order chi connectivity index (χ1) is 10.5. The van der Waals surface area contributed by atoms with Crippen molar-refractivity contribution in [3.05, 3.63) is 0 Å². The number of likely N-dealkylation sites (N-methyl/N-ethyl adjacent to an activating group) is 1. The van der Waals surface area contributed by atoms with E-state index in [0.29, 0.717) is 43.1 Å². The Bertz CT molecular complexity index is 345. The maximum atomic E-state index is 12.8. The third kappa shape index (κ3) is 4.45. The van der Waals surface area contributed by atoms with E-state index in [1.807, 2.05) is 0 Å². The number of carbonyl (C=O) groups excluding carboxylic acids is 1. The number of hydrogen-bond acceptors (Lipinski definition) is 3. The average Bonchev–Trinajstić information content (AvgIpc) is 3.00. The molecule has 0 radical (unpaired) electrons. The summed E-state index contributed by atoms with van der Waals surface area (Å²) >= 11 is 0. The molecule has 128 valence electrons. The predicted molar refractivity (Wildman–Crippen MR) is 89.7 cm³/mol. The molecule has 0 aliphatic heterocycles. The van der Waals surface area contributed by atoms with Gasteiger partial charge in [-0.2, -0.15) is 0 Å². The molecule has 0 aromatic rings. The fourth-order valence-corrected chi connectivity index (χ4v) is 4.29. The first kappa shape index (κ1) is 17.7. The Morgan fingerprint density at radius 1 is 1.05 bits per heavy atom. The predicted octanol–water partition coefficient (Wildman–Crippen LogP) is 2.65. The van der Waals surface area contributed by atoms with Crippen LogP contribution in [0.4, 0.5) is 0 Å². The molecule has 4 heteroatoms. The van der Waals surface area contributed by atoms with Gasteiger partial charge in [-0.1, -0.05) is 12.8 Å². The molecule has 4 nitrogen and oxygen atoms in total. The molecule has 2 fully saturated rings. The molecule has 2 rings (SSSR count). The minimum Gasteiger partial charge on any atom is -0.396 e.